The first-order chi connectivity index (χ1) is 11.8. The number of pyridine rings is 1. The van der Waals surface area contributed by atoms with Gasteiger partial charge in [-0.2, -0.15) is 5.10 Å². The molecule has 0 atom stereocenters. The number of hydrogen-bond donors (Lipinski definition) is 2. The molecule has 0 saturated heterocycles. The molecule has 7 nitrogen and oxygen atoms in total. The van der Waals surface area contributed by atoms with Crippen molar-refractivity contribution in [1.29, 1.82) is 0 Å². The van der Waals surface area contributed by atoms with Gasteiger partial charge in [-0.25, -0.2) is 14.6 Å². The van der Waals surface area contributed by atoms with Gasteiger partial charge in [0.1, 0.15) is 12.7 Å². The normalized spacial score (nSPS) is 14.6. The van der Waals surface area contributed by atoms with E-state index >= 15 is 0 Å². The standard InChI is InChI=1S/C17H24N6O.2ClH/c24-17(21-10-9-19-15-5-3-1-2-4-6-15)14-7-8-20-16(11-14)23-13-18-12-22-23;;/h7-8,11-13,15,19H,1-6,9-10H2,(H,21,24);2*1H. The molecule has 1 saturated carbocycles. The molecule has 0 bridgehead atoms. The Morgan fingerprint density at radius 1 is 1.15 bits per heavy atom. The Bertz CT molecular complexity index is 644. The smallest absolute Gasteiger partial charge is 0.251 e. The lowest BCUT2D eigenvalue weighted by molar-refractivity contribution is 0.0953. The molecule has 144 valence electrons. The number of rotatable bonds is 6. The zero-order valence-electron chi connectivity index (χ0n) is 14.6. The molecular weight excluding hydrogens is 375 g/mol. The molecule has 0 aliphatic heterocycles. The predicted octanol–water partition coefficient (Wildman–Crippen LogP) is 2.55. The molecule has 2 heterocycles. The molecule has 1 aliphatic carbocycles. The van der Waals surface area contributed by atoms with Gasteiger partial charge in [-0.05, 0) is 25.0 Å². The van der Waals surface area contributed by atoms with Gasteiger partial charge in [0.15, 0.2) is 5.82 Å². The summed E-state index contributed by atoms with van der Waals surface area (Å²) in [5.74, 6) is 0.484. The molecule has 0 spiro atoms. The Labute approximate surface area is 166 Å². The topological polar surface area (TPSA) is 84.7 Å². The van der Waals surface area contributed by atoms with Crippen LogP contribution in [0.15, 0.2) is 31.0 Å². The molecule has 2 aromatic heterocycles. The van der Waals surface area contributed by atoms with Crippen LogP contribution in [0.4, 0.5) is 0 Å². The summed E-state index contributed by atoms with van der Waals surface area (Å²) in [6, 6.07) is 4.02. The minimum atomic E-state index is -0.0959. The fourth-order valence-electron chi connectivity index (χ4n) is 3.05. The van der Waals surface area contributed by atoms with Gasteiger partial charge in [-0.15, -0.1) is 24.8 Å². The second-order valence-electron chi connectivity index (χ2n) is 6.14. The van der Waals surface area contributed by atoms with Crippen LogP contribution in [0, 0.1) is 0 Å². The van der Waals surface area contributed by atoms with Gasteiger partial charge in [0.2, 0.25) is 0 Å². The number of carbonyl (C=O) groups is 1. The predicted molar refractivity (Wildman–Crippen MR) is 105 cm³/mol. The van der Waals surface area contributed by atoms with Crippen molar-refractivity contribution < 1.29 is 4.79 Å². The second-order valence-corrected chi connectivity index (χ2v) is 6.14. The summed E-state index contributed by atoms with van der Waals surface area (Å²) >= 11 is 0. The van der Waals surface area contributed by atoms with Crippen LogP contribution >= 0.6 is 24.8 Å². The molecule has 1 fully saturated rings. The third kappa shape index (κ3) is 6.55. The molecule has 9 heteroatoms. The van der Waals surface area contributed by atoms with Crippen LogP contribution in [0.25, 0.3) is 5.82 Å². The van der Waals surface area contributed by atoms with E-state index in [9.17, 15) is 4.79 Å². The molecule has 0 aromatic carbocycles. The lowest BCUT2D eigenvalue weighted by atomic mass is 10.1. The van der Waals surface area contributed by atoms with E-state index in [-0.39, 0.29) is 30.7 Å². The lowest BCUT2D eigenvalue weighted by Gasteiger charge is -2.16. The van der Waals surface area contributed by atoms with E-state index in [0.29, 0.717) is 24.0 Å². The minimum absolute atomic E-state index is 0. The summed E-state index contributed by atoms with van der Waals surface area (Å²) in [7, 11) is 0. The number of halogens is 2. The van der Waals surface area contributed by atoms with Crippen LogP contribution in [-0.2, 0) is 0 Å². The zero-order valence-corrected chi connectivity index (χ0v) is 16.3. The monoisotopic (exact) mass is 400 g/mol. The van der Waals surface area contributed by atoms with Crippen molar-refractivity contribution >= 4 is 30.7 Å². The van der Waals surface area contributed by atoms with Crippen molar-refractivity contribution in [2.75, 3.05) is 13.1 Å². The van der Waals surface area contributed by atoms with E-state index in [1.54, 1.807) is 24.7 Å². The first-order valence-electron chi connectivity index (χ1n) is 8.65. The summed E-state index contributed by atoms with van der Waals surface area (Å²) in [4.78, 5) is 20.3. The number of aromatic nitrogens is 4. The Morgan fingerprint density at radius 3 is 2.62 bits per heavy atom. The third-order valence-electron chi connectivity index (χ3n) is 4.36. The van der Waals surface area contributed by atoms with Gasteiger partial charge in [0.05, 0.1) is 0 Å². The second kappa shape index (κ2) is 11.8. The fraction of sp³-hybridized carbons (Fsp3) is 0.529. The van der Waals surface area contributed by atoms with Gasteiger partial charge >= 0.3 is 0 Å². The molecule has 26 heavy (non-hydrogen) atoms. The first-order valence-corrected chi connectivity index (χ1v) is 8.65. The van der Waals surface area contributed by atoms with E-state index in [4.69, 9.17) is 0 Å². The third-order valence-corrected chi connectivity index (χ3v) is 4.36. The molecule has 0 radical (unpaired) electrons. The molecule has 1 aliphatic rings. The Balaban J connectivity index is 0.00000169. The van der Waals surface area contributed by atoms with Crippen LogP contribution in [-0.4, -0.2) is 44.8 Å². The van der Waals surface area contributed by atoms with Gasteiger partial charge in [-0.1, -0.05) is 25.7 Å². The van der Waals surface area contributed by atoms with Crippen LogP contribution in [0.1, 0.15) is 48.9 Å². The largest absolute Gasteiger partial charge is 0.351 e. The van der Waals surface area contributed by atoms with Crippen molar-refractivity contribution in [3.05, 3.63) is 36.5 Å². The Kier molecular flexibility index (Phi) is 10.2. The number of nitrogens with zero attached hydrogens (tertiary/aromatic N) is 4. The maximum absolute atomic E-state index is 12.3. The highest BCUT2D eigenvalue weighted by molar-refractivity contribution is 5.94. The minimum Gasteiger partial charge on any atom is -0.351 e. The highest BCUT2D eigenvalue weighted by Crippen LogP contribution is 2.16. The van der Waals surface area contributed by atoms with Gasteiger partial charge in [0, 0.05) is 30.9 Å². The number of nitrogens with one attached hydrogen (secondary N) is 2. The first kappa shape index (κ1) is 22.3. The van der Waals surface area contributed by atoms with Crippen molar-refractivity contribution in [3.8, 4) is 5.82 Å². The summed E-state index contributed by atoms with van der Waals surface area (Å²) in [6.07, 6.45) is 12.4. The van der Waals surface area contributed by atoms with Gasteiger partial charge in [-0.3, -0.25) is 4.79 Å². The van der Waals surface area contributed by atoms with E-state index in [2.05, 4.69) is 25.7 Å². The summed E-state index contributed by atoms with van der Waals surface area (Å²) in [6.45, 7) is 1.42. The summed E-state index contributed by atoms with van der Waals surface area (Å²) in [5, 5.41) is 10.5. The Morgan fingerprint density at radius 2 is 1.92 bits per heavy atom. The quantitative estimate of drug-likeness (QED) is 0.574. The molecule has 1 amide bonds. The fourth-order valence-corrected chi connectivity index (χ4v) is 3.05. The van der Waals surface area contributed by atoms with Crippen LogP contribution in [0.2, 0.25) is 0 Å². The van der Waals surface area contributed by atoms with Crippen molar-refractivity contribution in [2.24, 2.45) is 0 Å². The molecule has 0 unspecified atom stereocenters. The van der Waals surface area contributed by atoms with E-state index < -0.39 is 0 Å². The number of amides is 1. The van der Waals surface area contributed by atoms with Crippen LogP contribution in [0.3, 0.4) is 0 Å². The maximum atomic E-state index is 12.3. The zero-order chi connectivity index (χ0) is 16.6. The average Bonchev–Trinajstić information content (AvgIpc) is 3.03. The average molecular weight is 401 g/mol. The van der Waals surface area contributed by atoms with Gasteiger partial charge in [0.25, 0.3) is 5.91 Å². The van der Waals surface area contributed by atoms with Crippen molar-refractivity contribution in [3.63, 3.8) is 0 Å². The van der Waals surface area contributed by atoms with E-state index in [0.717, 1.165) is 6.54 Å². The van der Waals surface area contributed by atoms with E-state index in [1.165, 1.54) is 49.5 Å². The molecule has 2 aromatic rings. The summed E-state index contributed by atoms with van der Waals surface area (Å²) in [5.41, 5.74) is 0.574. The Hall–Kier alpha value is -1.70. The van der Waals surface area contributed by atoms with Crippen LogP contribution in [0.5, 0.6) is 0 Å². The highest BCUT2D eigenvalue weighted by atomic mass is 35.5. The molecular formula is C17H26Cl2N6O. The SMILES string of the molecule is Cl.Cl.O=C(NCCNC1CCCCCC1)c1ccnc(-n2cncn2)c1. The maximum Gasteiger partial charge on any atom is 0.251 e. The lowest BCUT2D eigenvalue weighted by Crippen LogP contribution is -2.36. The summed E-state index contributed by atoms with van der Waals surface area (Å²) < 4.78 is 1.53. The van der Waals surface area contributed by atoms with Crippen molar-refractivity contribution in [2.45, 2.75) is 44.6 Å². The van der Waals surface area contributed by atoms with Crippen molar-refractivity contribution in [1.82, 2.24) is 30.4 Å². The molecule has 3 rings (SSSR count). The van der Waals surface area contributed by atoms with Crippen LogP contribution < -0.4 is 10.6 Å². The van der Waals surface area contributed by atoms with Gasteiger partial charge < -0.3 is 10.6 Å². The highest BCUT2D eigenvalue weighted by Gasteiger charge is 2.12. The number of carbonyl (C=O) groups excluding carboxylic acids is 1. The van der Waals surface area contributed by atoms with E-state index in [1.807, 2.05) is 0 Å². The number of hydrogen-bond acceptors (Lipinski definition) is 5. The molecule has 2 N–H and O–H groups in total.